The summed E-state index contributed by atoms with van der Waals surface area (Å²) in [5, 5.41) is 17.1. The fraction of sp³-hybridized carbons (Fsp3) is 0.273. The van der Waals surface area contributed by atoms with Crippen LogP contribution in [0.3, 0.4) is 0 Å². The average molecular weight is 405 g/mol. The van der Waals surface area contributed by atoms with Gasteiger partial charge in [-0.2, -0.15) is 5.10 Å². The highest BCUT2D eigenvalue weighted by Crippen LogP contribution is 2.30. The van der Waals surface area contributed by atoms with Gasteiger partial charge in [-0.25, -0.2) is 9.36 Å². The molecule has 2 aromatic heterocycles. The highest BCUT2D eigenvalue weighted by Gasteiger charge is 2.23. The lowest BCUT2D eigenvalue weighted by atomic mass is 9.98. The number of nitrogens with zero attached hydrogens (tertiary/aromatic N) is 4. The van der Waals surface area contributed by atoms with Crippen molar-refractivity contribution < 1.29 is 5.11 Å². The van der Waals surface area contributed by atoms with E-state index in [1.807, 2.05) is 42.4 Å². The molecule has 0 spiro atoms. The first kappa shape index (κ1) is 19.6. The Morgan fingerprint density at radius 2 is 2.00 bits per heavy atom. The van der Waals surface area contributed by atoms with Gasteiger partial charge in [-0.3, -0.25) is 19.8 Å². The van der Waals surface area contributed by atoms with Gasteiger partial charge in [0.1, 0.15) is 5.56 Å². The number of hydrogen-bond donors (Lipinski definition) is 2. The zero-order valence-corrected chi connectivity index (χ0v) is 16.7. The minimum Gasteiger partial charge on any atom is -0.493 e. The number of aryl methyl sites for hydroxylation is 1. The number of hydrazone groups is 1. The molecule has 8 nitrogen and oxygen atoms in total. The van der Waals surface area contributed by atoms with E-state index in [-0.39, 0.29) is 11.6 Å². The molecular weight excluding hydrogens is 382 g/mol. The Labute approximate surface area is 173 Å². The number of aromatic nitrogens is 3. The van der Waals surface area contributed by atoms with Crippen LogP contribution < -0.4 is 11.2 Å². The average Bonchev–Trinajstić information content (AvgIpc) is 2.75. The molecule has 0 aliphatic carbocycles. The maximum Gasteiger partial charge on any atom is 0.335 e. The normalized spacial score (nSPS) is 16.8. The Morgan fingerprint density at radius 1 is 1.20 bits per heavy atom. The molecule has 1 aliphatic rings. The number of aromatic hydroxyl groups is 1. The van der Waals surface area contributed by atoms with Gasteiger partial charge in [0, 0.05) is 18.9 Å². The van der Waals surface area contributed by atoms with Gasteiger partial charge in [0.05, 0.1) is 17.9 Å². The van der Waals surface area contributed by atoms with E-state index in [4.69, 9.17) is 0 Å². The first-order valence-corrected chi connectivity index (χ1v) is 9.90. The molecule has 1 fully saturated rings. The van der Waals surface area contributed by atoms with E-state index in [1.165, 1.54) is 6.21 Å². The third kappa shape index (κ3) is 3.89. The number of nitrogens with one attached hydrogen (secondary N) is 1. The summed E-state index contributed by atoms with van der Waals surface area (Å²) in [6.45, 7) is 2.65. The van der Waals surface area contributed by atoms with Crippen LogP contribution in [0.4, 0.5) is 0 Å². The van der Waals surface area contributed by atoms with Crippen LogP contribution in [0.15, 0.2) is 63.5 Å². The maximum atomic E-state index is 12.4. The van der Waals surface area contributed by atoms with Gasteiger partial charge < -0.3 is 5.11 Å². The molecule has 0 amide bonds. The van der Waals surface area contributed by atoms with Gasteiger partial charge in [0.15, 0.2) is 0 Å². The number of H-pyrrole nitrogens is 1. The number of benzene rings is 1. The topological polar surface area (TPSA) is 104 Å². The fourth-order valence-corrected chi connectivity index (χ4v) is 3.69. The van der Waals surface area contributed by atoms with Crippen molar-refractivity contribution in [1.29, 1.82) is 0 Å². The molecule has 154 valence electrons. The van der Waals surface area contributed by atoms with E-state index in [0.29, 0.717) is 5.69 Å². The smallest absolute Gasteiger partial charge is 0.335 e. The van der Waals surface area contributed by atoms with Crippen LogP contribution in [0.5, 0.6) is 5.88 Å². The van der Waals surface area contributed by atoms with E-state index in [9.17, 15) is 14.7 Å². The summed E-state index contributed by atoms with van der Waals surface area (Å²) >= 11 is 0. The molecule has 0 bridgehead atoms. The van der Waals surface area contributed by atoms with Crippen LogP contribution >= 0.6 is 0 Å². The monoisotopic (exact) mass is 405 g/mol. The van der Waals surface area contributed by atoms with Gasteiger partial charge >= 0.3 is 5.69 Å². The van der Waals surface area contributed by atoms with Crippen molar-refractivity contribution in [2.45, 2.75) is 32.2 Å². The lowest BCUT2D eigenvalue weighted by Gasteiger charge is -2.33. The van der Waals surface area contributed by atoms with Crippen molar-refractivity contribution in [2.75, 3.05) is 6.54 Å². The summed E-state index contributed by atoms with van der Waals surface area (Å²) in [6, 6.07) is 11.0. The van der Waals surface area contributed by atoms with Crippen molar-refractivity contribution in [1.82, 2.24) is 19.5 Å². The Hall–Kier alpha value is -3.68. The standard InChI is InChI=1S/C22H23N5O3/c1-15-7-9-17(10-8-15)27-21(29)18(20(28)25-22(27)30)14-24-26-12-3-2-6-19(26)16-5-4-11-23-13-16/h4-5,7-11,13-14,19,29H,2-3,6,12H2,1H3,(H,25,28,30)/b24-14+. The quantitative estimate of drug-likeness (QED) is 0.649. The third-order valence-electron chi connectivity index (χ3n) is 5.29. The Morgan fingerprint density at radius 3 is 2.73 bits per heavy atom. The highest BCUT2D eigenvalue weighted by atomic mass is 16.3. The third-order valence-corrected chi connectivity index (χ3v) is 5.29. The second-order valence-electron chi connectivity index (χ2n) is 7.37. The molecule has 1 aromatic carbocycles. The summed E-state index contributed by atoms with van der Waals surface area (Å²) in [4.78, 5) is 31.2. The van der Waals surface area contributed by atoms with Gasteiger partial charge in [0.2, 0.25) is 5.88 Å². The van der Waals surface area contributed by atoms with Crippen LogP contribution in [0.2, 0.25) is 0 Å². The summed E-state index contributed by atoms with van der Waals surface area (Å²) in [7, 11) is 0. The lowest BCUT2D eigenvalue weighted by Crippen LogP contribution is -2.32. The molecule has 1 atom stereocenters. The highest BCUT2D eigenvalue weighted by molar-refractivity contribution is 5.82. The molecule has 1 saturated heterocycles. The number of hydrogen-bond acceptors (Lipinski definition) is 6. The first-order chi connectivity index (χ1) is 14.5. The SMILES string of the molecule is Cc1ccc(-n2c(O)c(/C=N/N3CCCCC3c3cccnc3)c(=O)[nH]c2=O)cc1. The van der Waals surface area contributed by atoms with Crippen LogP contribution in [-0.2, 0) is 0 Å². The maximum absolute atomic E-state index is 12.4. The molecule has 1 aliphatic heterocycles. The molecule has 30 heavy (non-hydrogen) atoms. The molecule has 0 radical (unpaired) electrons. The summed E-state index contributed by atoms with van der Waals surface area (Å²) in [5.74, 6) is -0.439. The van der Waals surface area contributed by atoms with E-state index in [1.54, 1.807) is 18.3 Å². The van der Waals surface area contributed by atoms with Gasteiger partial charge in [-0.15, -0.1) is 0 Å². The van der Waals surface area contributed by atoms with E-state index in [2.05, 4.69) is 15.1 Å². The van der Waals surface area contributed by atoms with Crippen molar-refractivity contribution >= 4 is 6.21 Å². The molecule has 1 unspecified atom stereocenters. The summed E-state index contributed by atoms with van der Waals surface area (Å²) in [5.41, 5.74) is 1.08. The molecule has 8 heteroatoms. The van der Waals surface area contributed by atoms with Gasteiger partial charge in [-0.1, -0.05) is 23.8 Å². The Balaban J connectivity index is 1.71. The van der Waals surface area contributed by atoms with Crippen LogP contribution in [-0.4, -0.2) is 37.4 Å². The Bertz CT molecular complexity index is 1170. The molecule has 2 N–H and O–H groups in total. The molecule has 3 heterocycles. The first-order valence-electron chi connectivity index (χ1n) is 9.90. The number of aromatic amines is 1. The van der Waals surface area contributed by atoms with Crippen molar-refractivity contribution in [3.8, 4) is 11.6 Å². The Kier molecular flexibility index (Phi) is 5.47. The number of pyridine rings is 1. The van der Waals surface area contributed by atoms with Gasteiger partial charge in [-0.05, 0) is 49.9 Å². The number of rotatable bonds is 4. The minimum absolute atomic E-state index is 0.0490. The predicted octanol–water partition coefficient (Wildman–Crippen LogP) is 2.50. The zero-order chi connectivity index (χ0) is 21.1. The minimum atomic E-state index is -0.704. The van der Waals surface area contributed by atoms with Crippen molar-refractivity contribution in [3.05, 3.63) is 86.3 Å². The second-order valence-corrected chi connectivity index (χ2v) is 7.37. The van der Waals surface area contributed by atoms with E-state index in [0.717, 1.165) is 41.5 Å². The van der Waals surface area contributed by atoms with E-state index < -0.39 is 17.1 Å². The molecule has 3 aromatic rings. The van der Waals surface area contributed by atoms with Crippen LogP contribution in [0, 0.1) is 6.92 Å². The predicted molar refractivity (Wildman–Crippen MR) is 114 cm³/mol. The largest absolute Gasteiger partial charge is 0.493 e. The van der Waals surface area contributed by atoms with Crippen molar-refractivity contribution in [2.24, 2.45) is 5.10 Å². The van der Waals surface area contributed by atoms with Crippen LogP contribution in [0.25, 0.3) is 5.69 Å². The van der Waals surface area contributed by atoms with Crippen LogP contribution in [0.1, 0.15) is 42.0 Å². The second kappa shape index (κ2) is 8.36. The van der Waals surface area contributed by atoms with Crippen molar-refractivity contribution in [3.63, 3.8) is 0 Å². The molecule has 4 rings (SSSR count). The molecular formula is C22H23N5O3. The number of piperidine rings is 1. The fourth-order valence-electron chi connectivity index (χ4n) is 3.69. The van der Waals surface area contributed by atoms with Gasteiger partial charge in [0.25, 0.3) is 5.56 Å². The molecule has 0 saturated carbocycles. The summed E-state index contributed by atoms with van der Waals surface area (Å²) in [6.07, 6.45) is 7.86. The van der Waals surface area contributed by atoms with E-state index >= 15 is 0 Å². The zero-order valence-electron chi connectivity index (χ0n) is 16.7. The summed E-state index contributed by atoms with van der Waals surface area (Å²) < 4.78 is 1.07. The lowest BCUT2D eigenvalue weighted by molar-refractivity contribution is 0.156.